The molecule has 0 spiro atoms. The Bertz CT molecular complexity index is 1200. The van der Waals surface area contributed by atoms with Crippen molar-refractivity contribution in [2.45, 2.75) is 52.6 Å². The van der Waals surface area contributed by atoms with E-state index in [9.17, 15) is 10.1 Å². The van der Waals surface area contributed by atoms with Gasteiger partial charge >= 0.3 is 5.69 Å². The number of likely N-dealkylation sites (tertiary alicyclic amines) is 2. The molecule has 43 heavy (non-hydrogen) atoms. The summed E-state index contributed by atoms with van der Waals surface area (Å²) in [6.07, 6.45) is 6.56. The maximum Gasteiger partial charge on any atom is 0.311 e. The van der Waals surface area contributed by atoms with Gasteiger partial charge in [0.15, 0.2) is 0 Å². The Kier molecular flexibility index (Phi) is 13.4. The summed E-state index contributed by atoms with van der Waals surface area (Å²) in [5.74, 6) is 1.93. The summed E-state index contributed by atoms with van der Waals surface area (Å²) in [5.41, 5.74) is 2.89. The zero-order chi connectivity index (χ0) is 30.3. The lowest BCUT2D eigenvalue weighted by Crippen LogP contribution is -2.38. The van der Waals surface area contributed by atoms with Crippen LogP contribution in [0.25, 0.3) is 0 Å². The smallest absolute Gasteiger partial charge is 0.311 e. The zero-order valence-electron chi connectivity index (χ0n) is 26.1. The van der Waals surface area contributed by atoms with Gasteiger partial charge < -0.3 is 10.2 Å². The van der Waals surface area contributed by atoms with Gasteiger partial charge in [0.25, 0.3) is 0 Å². The van der Waals surface area contributed by atoms with Crippen LogP contribution in [0, 0.1) is 22.0 Å². The molecule has 0 bridgehead atoms. The molecule has 1 aromatic heterocycles. The van der Waals surface area contributed by atoms with Crippen molar-refractivity contribution in [3.05, 3.63) is 100 Å². The lowest BCUT2D eigenvalue weighted by atomic mass is 9.95. The predicted molar refractivity (Wildman–Crippen MR) is 176 cm³/mol. The molecule has 3 heterocycles. The van der Waals surface area contributed by atoms with Gasteiger partial charge in [-0.1, -0.05) is 67.6 Å². The minimum Gasteiger partial charge on any atom is -0.351 e. The fourth-order valence-electron chi connectivity index (χ4n) is 6.16. The van der Waals surface area contributed by atoms with E-state index in [4.69, 9.17) is 0 Å². The average Bonchev–Trinajstić information content (AvgIpc) is 3.05. The Hall–Kier alpha value is -3.33. The molecule has 0 radical (unpaired) electrons. The first-order valence-electron chi connectivity index (χ1n) is 16.1. The van der Waals surface area contributed by atoms with E-state index in [1.54, 1.807) is 12.3 Å². The molecular weight excluding hydrogens is 536 g/mol. The molecule has 3 aromatic rings. The van der Waals surface area contributed by atoms with E-state index in [2.05, 4.69) is 86.5 Å². The van der Waals surface area contributed by atoms with E-state index in [1.807, 2.05) is 13.0 Å². The number of rotatable bonds is 12. The summed E-state index contributed by atoms with van der Waals surface area (Å²) in [6, 6.07) is 24.5. The molecule has 0 amide bonds. The second-order valence-electron chi connectivity index (χ2n) is 11.9. The minimum absolute atomic E-state index is 0.0934. The number of piperidine rings is 2. The van der Waals surface area contributed by atoms with Crippen molar-refractivity contribution in [1.82, 2.24) is 20.1 Å². The van der Waals surface area contributed by atoms with Crippen LogP contribution in [0.2, 0.25) is 0 Å². The number of nitro groups is 1. The number of nitrogens with zero attached hydrogens (tertiary/aromatic N) is 5. The first-order chi connectivity index (χ1) is 21.1. The van der Waals surface area contributed by atoms with Crippen molar-refractivity contribution in [1.29, 1.82) is 0 Å². The van der Waals surface area contributed by atoms with Crippen LogP contribution in [-0.2, 0) is 13.1 Å². The molecule has 0 atom stereocenters. The number of nitrogens with one attached hydrogen (secondary N) is 1. The van der Waals surface area contributed by atoms with Crippen molar-refractivity contribution in [3.8, 4) is 0 Å². The van der Waals surface area contributed by atoms with Gasteiger partial charge in [-0.25, -0.2) is 4.98 Å². The third-order valence-electron chi connectivity index (χ3n) is 8.72. The van der Waals surface area contributed by atoms with Crippen LogP contribution in [0.3, 0.4) is 0 Å². The highest BCUT2D eigenvalue weighted by Gasteiger charge is 2.25. The molecule has 0 aliphatic carbocycles. The maximum atomic E-state index is 11.3. The Morgan fingerprint density at radius 2 is 1.35 bits per heavy atom. The predicted octanol–water partition coefficient (Wildman–Crippen LogP) is 6.24. The highest BCUT2D eigenvalue weighted by molar-refractivity contribution is 5.57. The van der Waals surface area contributed by atoms with E-state index in [-0.39, 0.29) is 10.6 Å². The summed E-state index contributed by atoms with van der Waals surface area (Å²) in [4.78, 5) is 22.3. The van der Waals surface area contributed by atoms with Gasteiger partial charge in [0.05, 0.1) is 4.92 Å². The maximum absolute atomic E-state index is 11.3. The van der Waals surface area contributed by atoms with Crippen LogP contribution in [0.4, 0.5) is 11.5 Å². The molecular formula is C35H50N6O2. The first kappa shape index (κ1) is 32.6. The van der Waals surface area contributed by atoms with Gasteiger partial charge in [-0.3, -0.25) is 19.9 Å². The fraction of sp³-hybridized carbons (Fsp3) is 0.514. The van der Waals surface area contributed by atoms with Crippen LogP contribution in [0.1, 0.15) is 50.7 Å². The quantitative estimate of drug-likeness (QED) is 0.199. The summed E-state index contributed by atoms with van der Waals surface area (Å²) in [5, 5.41) is 14.7. The second-order valence-corrected chi connectivity index (χ2v) is 11.9. The number of hydrogen-bond acceptors (Lipinski definition) is 7. The van der Waals surface area contributed by atoms with Crippen LogP contribution >= 0.6 is 0 Å². The van der Waals surface area contributed by atoms with Crippen molar-refractivity contribution in [2.24, 2.45) is 11.8 Å². The third kappa shape index (κ3) is 10.7. The van der Waals surface area contributed by atoms with Crippen LogP contribution in [0.5, 0.6) is 0 Å². The van der Waals surface area contributed by atoms with Gasteiger partial charge in [0.1, 0.15) is 0 Å². The largest absolute Gasteiger partial charge is 0.351 e. The summed E-state index contributed by atoms with van der Waals surface area (Å²) < 4.78 is 0. The number of benzene rings is 2. The molecule has 8 heteroatoms. The van der Waals surface area contributed by atoms with E-state index < -0.39 is 0 Å². The molecule has 2 aliphatic rings. The van der Waals surface area contributed by atoms with Crippen LogP contribution in [-0.4, -0.2) is 72.1 Å². The molecule has 232 valence electrons. The third-order valence-corrected chi connectivity index (χ3v) is 8.72. The summed E-state index contributed by atoms with van der Waals surface area (Å²) >= 11 is 0. The lowest BCUT2D eigenvalue weighted by molar-refractivity contribution is -0.384. The summed E-state index contributed by atoms with van der Waals surface area (Å²) in [7, 11) is 0. The normalized spacial score (nSPS) is 16.8. The second kappa shape index (κ2) is 17.7. The standard InChI is InChI=1S/C20H26N4O2.C15H24N2/c1-2-23(20-19(24(25)26)9-6-12-21-20)16-18-10-13-22(14-11-18)15-17-7-4-3-5-8-17;1-2-16-12-14-8-10-17(11-9-14)13-15-6-4-3-5-7-15/h3-9,12,18H,2,10-11,13-16H2,1H3;3-7,14,16H,2,8-13H2,1H3. The van der Waals surface area contributed by atoms with E-state index in [0.29, 0.717) is 11.7 Å². The minimum atomic E-state index is -0.340. The monoisotopic (exact) mass is 586 g/mol. The highest BCUT2D eigenvalue weighted by Crippen LogP contribution is 2.28. The van der Waals surface area contributed by atoms with Crippen LogP contribution in [0.15, 0.2) is 79.0 Å². The molecule has 0 saturated carbocycles. The van der Waals surface area contributed by atoms with E-state index in [0.717, 1.165) is 64.6 Å². The molecule has 2 aliphatic heterocycles. The molecule has 2 aromatic carbocycles. The van der Waals surface area contributed by atoms with E-state index >= 15 is 0 Å². The molecule has 2 saturated heterocycles. The Balaban J connectivity index is 0.000000215. The Morgan fingerprint density at radius 1 is 0.814 bits per heavy atom. The summed E-state index contributed by atoms with van der Waals surface area (Å²) in [6.45, 7) is 14.8. The molecule has 8 nitrogen and oxygen atoms in total. The highest BCUT2D eigenvalue weighted by atomic mass is 16.6. The van der Waals surface area contributed by atoms with Gasteiger partial charge in [-0.15, -0.1) is 0 Å². The SMILES string of the molecule is CCN(CC1CCN(Cc2ccccc2)CC1)c1ncccc1[N+](=O)[O-].CCNCC1CCN(Cc2ccccc2)CC1. The van der Waals surface area contributed by atoms with Gasteiger partial charge in [0, 0.05) is 38.4 Å². The molecule has 0 unspecified atom stereocenters. The Labute approximate surface area is 258 Å². The van der Waals surface area contributed by atoms with Crippen molar-refractivity contribution >= 4 is 11.5 Å². The van der Waals surface area contributed by atoms with Crippen molar-refractivity contribution in [2.75, 3.05) is 57.3 Å². The van der Waals surface area contributed by atoms with Gasteiger partial charge in [-0.2, -0.15) is 0 Å². The van der Waals surface area contributed by atoms with Crippen molar-refractivity contribution in [3.63, 3.8) is 0 Å². The average molecular weight is 587 g/mol. The van der Waals surface area contributed by atoms with Gasteiger partial charge in [0.2, 0.25) is 5.82 Å². The van der Waals surface area contributed by atoms with Crippen molar-refractivity contribution < 1.29 is 4.92 Å². The van der Waals surface area contributed by atoms with E-state index in [1.165, 1.54) is 49.7 Å². The van der Waals surface area contributed by atoms with Gasteiger partial charge in [-0.05, 0) is 101 Å². The Morgan fingerprint density at radius 3 is 1.84 bits per heavy atom. The number of anilines is 1. The topological polar surface area (TPSA) is 77.8 Å². The molecule has 2 fully saturated rings. The lowest BCUT2D eigenvalue weighted by Gasteiger charge is -2.34. The van der Waals surface area contributed by atoms with Crippen LogP contribution < -0.4 is 10.2 Å². The number of pyridine rings is 1. The number of aromatic nitrogens is 1. The first-order valence-corrected chi connectivity index (χ1v) is 16.1. The number of hydrogen-bond donors (Lipinski definition) is 1. The molecule has 1 N–H and O–H groups in total. The zero-order valence-corrected chi connectivity index (χ0v) is 26.1. The molecule has 5 rings (SSSR count). The fourth-order valence-corrected chi connectivity index (χ4v) is 6.16.